The first-order valence-corrected chi connectivity index (χ1v) is 5.25. The van der Waals surface area contributed by atoms with E-state index >= 15 is 0 Å². The van der Waals surface area contributed by atoms with Gasteiger partial charge in [-0.1, -0.05) is 23.7 Å². The Morgan fingerprint density at radius 2 is 2.07 bits per heavy atom. The number of rotatable bonds is 4. The van der Waals surface area contributed by atoms with E-state index in [1.165, 1.54) is 0 Å². The number of thioether (sulfide) groups is 1. The van der Waals surface area contributed by atoms with Gasteiger partial charge in [-0.3, -0.25) is 0 Å². The van der Waals surface area contributed by atoms with Crippen LogP contribution in [0.2, 0.25) is 5.02 Å². The third-order valence-corrected chi connectivity index (χ3v) is 2.75. The van der Waals surface area contributed by atoms with E-state index in [1.54, 1.807) is 24.3 Å². The second-order valence-corrected chi connectivity index (χ2v) is 4.06. The van der Waals surface area contributed by atoms with E-state index in [1.807, 2.05) is 0 Å². The van der Waals surface area contributed by atoms with Crippen molar-refractivity contribution in [2.75, 3.05) is 0 Å². The lowest BCUT2D eigenvalue weighted by Gasteiger charge is -2.02. The second-order valence-electron chi connectivity index (χ2n) is 2.59. The van der Waals surface area contributed by atoms with Gasteiger partial charge in [0.2, 0.25) is 5.50 Å². The maximum atomic E-state index is 12.6. The smallest absolute Gasteiger partial charge is 0.348 e. The number of carboxylic acid groups (broad SMARTS) is 1. The molecule has 0 radical (unpaired) electrons. The highest BCUT2D eigenvalue weighted by Crippen LogP contribution is 2.20. The molecule has 14 heavy (non-hydrogen) atoms. The van der Waals surface area contributed by atoms with Gasteiger partial charge < -0.3 is 5.11 Å². The third-order valence-electron chi connectivity index (χ3n) is 1.50. The SMILES string of the molecule is O=C(O)C(F)SCc1ccc(Cl)cc1. The molecule has 1 aromatic carbocycles. The van der Waals surface area contributed by atoms with Crippen LogP contribution in [0.25, 0.3) is 0 Å². The van der Waals surface area contributed by atoms with Gasteiger partial charge in [-0.2, -0.15) is 0 Å². The van der Waals surface area contributed by atoms with Gasteiger partial charge in [0.25, 0.3) is 0 Å². The van der Waals surface area contributed by atoms with Crippen LogP contribution in [0.3, 0.4) is 0 Å². The normalized spacial score (nSPS) is 12.4. The molecule has 1 N–H and O–H groups in total. The van der Waals surface area contributed by atoms with Gasteiger partial charge in [0.1, 0.15) is 0 Å². The molecule has 0 heterocycles. The van der Waals surface area contributed by atoms with Crippen LogP contribution in [-0.4, -0.2) is 16.6 Å². The molecule has 0 saturated carbocycles. The van der Waals surface area contributed by atoms with Crippen molar-refractivity contribution in [3.05, 3.63) is 34.9 Å². The van der Waals surface area contributed by atoms with E-state index in [4.69, 9.17) is 16.7 Å². The predicted molar refractivity (Wildman–Crippen MR) is 55.3 cm³/mol. The first kappa shape index (κ1) is 11.3. The van der Waals surface area contributed by atoms with Crippen LogP contribution in [-0.2, 0) is 10.5 Å². The van der Waals surface area contributed by atoms with Crippen molar-refractivity contribution in [2.45, 2.75) is 11.3 Å². The molecule has 0 aliphatic carbocycles. The van der Waals surface area contributed by atoms with E-state index < -0.39 is 11.5 Å². The summed E-state index contributed by atoms with van der Waals surface area (Å²) >= 11 is 6.38. The zero-order valence-corrected chi connectivity index (χ0v) is 8.69. The van der Waals surface area contributed by atoms with Gasteiger partial charge in [-0.25, -0.2) is 9.18 Å². The summed E-state index contributed by atoms with van der Waals surface area (Å²) in [5, 5.41) is 8.89. The molecule has 1 aromatic rings. The summed E-state index contributed by atoms with van der Waals surface area (Å²) < 4.78 is 12.6. The topological polar surface area (TPSA) is 37.3 Å². The highest BCUT2D eigenvalue weighted by molar-refractivity contribution is 7.99. The molecule has 2 nitrogen and oxygen atoms in total. The molecule has 5 heteroatoms. The molecular formula is C9H8ClFO2S. The standard InChI is InChI=1S/C9H8ClFO2S/c10-7-3-1-6(2-4-7)5-14-8(11)9(12)13/h1-4,8H,5H2,(H,12,13). The van der Waals surface area contributed by atoms with Crippen LogP contribution in [0.1, 0.15) is 5.56 Å². The number of halogens is 2. The molecule has 1 unspecified atom stereocenters. The molecule has 1 atom stereocenters. The molecule has 0 aromatic heterocycles. The monoisotopic (exact) mass is 234 g/mol. The van der Waals surface area contributed by atoms with Crippen molar-refractivity contribution in [3.63, 3.8) is 0 Å². The van der Waals surface area contributed by atoms with E-state index in [2.05, 4.69) is 0 Å². The first-order valence-electron chi connectivity index (χ1n) is 3.82. The summed E-state index contributed by atoms with van der Waals surface area (Å²) in [6.07, 6.45) is 0. The summed E-state index contributed by atoms with van der Waals surface area (Å²) in [7, 11) is 0. The number of hydrogen-bond donors (Lipinski definition) is 1. The Balaban J connectivity index is 2.46. The first-order chi connectivity index (χ1) is 6.59. The van der Waals surface area contributed by atoms with E-state index in [9.17, 15) is 9.18 Å². The molecule has 0 aliphatic rings. The lowest BCUT2D eigenvalue weighted by Crippen LogP contribution is -2.09. The minimum Gasteiger partial charge on any atom is -0.478 e. The molecule has 0 bridgehead atoms. The summed E-state index contributed by atoms with van der Waals surface area (Å²) in [6.45, 7) is 0. The minimum atomic E-state index is -1.87. The molecule has 1 rings (SSSR count). The second kappa shape index (κ2) is 5.22. The van der Waals surface area contributed by atoms with Crippen LogP contribution in [0.15, 0.2) is 24.3 Å². The van der Waals surface area contributed by atoms with Crippen LogP contribution in [0, 0.1) is 0 Å². The average molecular weight is 235 g/mol. The fourth-order valence-corrected chi connectivity index (χ4v) is 1.62. The lowest BCUT2D eigenvalue weighted by molar-refractivity contribution is -0.139. The summed E-state index contributed by atoms with van der Waals surface area (Å²) in [4.78, 5) is 10.2. The Morgan fingerprint density at radius 3 is 2.57 bits per heavy atom. The molecule has 76 valence electrons. The zero-order valence-electron chi connectivity index (χ0n) is 7.11. The summed E-state index contributed by atoms with van der Waals surface area (Å²) in [5.74, 6) is -1.12. The maximum absolute atomic E-state index is 12.6. The molecule has 0 spiro atoms. The fraction of sp³-hybridized carbons (Fsp3) is 0.222. The van der Waals surface area contributed by atoms with Gasteiger partial charge in [-0.15, -0.1) is 11.8 Å². The van der Waals surface area contributed by atoms with Crippen LogP contribution in [0.5, 0.6) is 0 Å². The Morgan fingerprint density at radius 1 is 1.50 bits per heavy atom. The minimum absolute atomic E-state index is 0.324. The number of alkyl halides is 1. The fourth-order valence-electron chi connectivity index (χ4n) is 0.821. The number of hydrogen-bond acceptors (Lipinski definition) is 2. The van der Waals surface area contributed by atoms with E-state index in [0.717, 1.165) is 17.3 Å². The third kappa shape index (κ3) is 3.55. The van der Waals surface area contributed by atoms with Crippen molar-refractivity contribution in [2.24, 2.45) is 0 Å². The quantitative estimate of drug-likeness (QED) is 0.870. The largest absolute Gasteiger partial charge is 0.478 e. The van der Waals surface area contributed by atoms with Gasteiger partial charge >= 0.3 is 5.97 Å². The van der Waals surface area contributed by atoms with Crippen molar-refractivity contribution in [1.82, 2.24) is 0 Å². The van der Waals surface area contributed by atoms with E-state index in [-0.39, 0.29) is 0 Å². The maximum Gasteiger partial charge on any atom is 0.348 e. The van der Waals surface area contributed by atoms with Crippen LogP contribution >= 0.6 is 23.4 Å². The summed E-state index contributed by atoms with van der Waals surface area (Å²) in [6, 6.07) is 6.85. The Labute approximate surface area is 90.1 Å². The number of aliphatic carboxylic acids is 1. The van der Waals surface area contributed by atoms with E-state index in [0.29, 0.717) is 10.8 Å². The molecular weight excluding hydrogens is 227 g/mol. The van der Waals surface area contributed by atoms with Gasteiger partial charge in [0, 0.05) is 10.8 Å². The van der Waals surface area contributed by atoms with Gasteiger partial charge in [-0.05, 0) is 17.7 Å². The van der Waals surface area contributed by atoms with Gasteiger partial charge in [0.15, 0.2) is 0 Å². The zero-order chi connectivity index (χ0) is 10.6. The molecule has 0 saturated heterocycles. The number of carboxylic acids is 1. The van der Waals surface area contributed by atoms with Gasteiger partial charge in [0.05, 0.1) is 0 Å². The van der Waals surface area contributed by atoms with Crippen molar-refractivity contribution in [3.8, 4) is 0 Å². The average Bonchev–Trinajstić information content (AvgIpc) is 2.16. The lowest BCUT2D eigenvalue weighted by atomic mass is 10.2. The predicted octanol–water partition coefficient (Wildman–Crippen LogP) is 2.95. The molecule has 0 aliphatic heterocycles. The Bertz CT molecular complexity index is 315. The number of carbonyl (C=O) groups is 1. The molecule has 0 amide bonds. The van der Waals surface area contributed by atoms with Crippen LogP contribution in [0.4, 0.5) is 4.39 Å². The molecule has 0 fully saturated rings. The Hall–Kier alpha value is -0.740. The number of benzene rings is 1. The van der Waals surface area contributed by atoms with Crippen LogP contribution < -0.4 is 0 Å². The summed E-state index contributed by atoms with van der Waals surface area (Å²) in [5.41, 5.74) is -1.02. The van der Waals surface area contributed by atoms with Crippen molar-refractivity contribution >= 4 is 29.3 Å². The highest BCUT2D eigenvalue weighted by Gasteiger charge is 2.15. The van der Waals surface area contributed by atoms with Crippen molar-refractivity contribution < 1.29 is 14.3 Å². The highest BCUT2D eigenvalue weighted by atomic mass is 35.5. The van der Waals surface area contributed by atoms with Crippen molar-refractivity contribution in [1.29, 1.82) is 0 Å². The Kier molecular flexibility index (Phi) is 4.22.